The highest BCUT2D eigenvalue weighted by Crippen LogP contribution is 2.64. The van der Waals surface area contributed by atoms with E-state index in [1.54, 1.807) is 5.57 Å². The van der Waals surface area contributed by atoms with Gasteiger partial charge in [0, 0.05) is 12.5 Å². The Morgan fingerprint density at radius 1 is 1.08 bits per heavy atom. The van der Waals surface area contributed by atoms with Gasteiger partial charge in [-0.25, -0.2) is 4.39 Å². The van der Waals surface area contributed by atoms with Gasteiger partial charge in [0.25, 0.3) is 0 Å². The topological polar surface area (TPSA) is 9.23 Å². The van der Waals surface area contributed by atoms with Gasteiger partial charge in [-0.2, -0.15) is 0 Å². The fraction of sp³-hybridized carbons (Fsp3) is 0.909. The van der Waals surface area contributed by atoms with Crippen LogP contribution in [0, 0.1) is 34.5 Å². The predicted molar refractivity (Wildman–Crippen MR) is 96.6 cm³/mol. The molecule has 0 aliphatic heterocycles. The van der Waals surface area contributed by atoms with Gasteiger partial charge < -0.3 is 4.74 Å². The molecule has 0 saturated heterocycles. The zero-order valence-corrected chi connectivity index (χ0v) is 16.0. The molecule has 0 aromatic rings. The van der Waals surface area contributed by atoms with Crippen molar-refractivity contribution in [2.75, 3.05) is 7.11 Å². The summed E-state index contributed by atoms with van der Waals surface area (Å²) < 4.78 is 20.8. The van der Waals surface area contributed by atoms with E-state index in [1.807, 2.05) is 7.11 Å². The molecule has 4 rings (SSSR count). The molecule has 2 heteroatoms. The minimum Gasteiger partial charge on any atom is -0.381 e. The molecule has 3 saturated carbocycles. The maximum atomic E-state index is 15.1. The lowest BCUT2D eigenvalue weighted by Gasteiger charge is -2.61. The first-order valence-corrected chi connectivity index (χ1v) is 10.3. The van der Waals surface area contributed by atoms with Gasteiger partial charge in [0.1, 0.15) is 6.17 Å². The van der Waals surface area contributed by atoms with Gasteiger partial charge in [0.2, 0.25) is 0 Å². The number of ether oxygens (including phenoxy) is 1. The minimum atomic E-state index is -0.598. The van der Waals surface area contributed by atoms with Crippen molar-refractivity contribution in [3.05, 3.63) is 11.6 Å². The van der Waals surface area contributed by atoms with Crippen LogP contribution < -0.4 is 0 Å². The molecule has 8 unspecified atom stereocenters. The van der Waals surface area contributed by atoms with Crippen molar-refractivity contribution in [3.8, 4) is 0 Å². The van der Waals surface area contributed by atoms with Crippen LogP contribution >= 0.6 is 0 Å². The highest BCUT2D eigenvalue weighted by atomic mass is 19.1. The van der Waals surface area contributed by atoms with E-state index < -0.39 is 6.17 Å². The third-order valence-electron chi connectivity index (χ3n) is 8.89. The van der Waals surface area contributed by atoms with Gasteiger partial charge in [-0.15, -0.1) is 0 Å². The fourth-order valence-electron chi connectivity index (χ4n) is 7.30. The van der Waals surface area contributed by atoms with Crippen LogP contribution in [-0.4, -0.2) is 19.4 Å². The van der Waals surface area contributed by atoms with Gasteiger partial charge >= 0.3 is 0 Å². The minimum absolute atomic E-state index is 0.0652. The van der Waals surface area contributed by atoms with Crippen LogP contribution in [0.4, 0.5) is 4.39 Å². The van der Waals surface area contributed by atoms with Crippen molar-refractivity contribution >= 4 is 0 Å². The smallest absolute Gasteiger partial charge is 0.108 e. The zero-order valence-electron chi connectivity index (χ0n) is 16.0. The van der Waals surface area contributed by atoms with Crippen LogP contribution in [0.3, 0.4) is 0 Å². The quantitative estimate of drug-likeness (QED) is 0.539. The van der Waals surface area contributed by atoms with Gasteiger partial charge in [0.05, 0.1) is 6.10 Å². The second kappa shape index (κ2) is 5.83. The van der Waals surface area contributed by atoms with E-state index in [2.05, 4.69) is 26.8 Å². The lowest BCUT2D eigenvalue weighted by atomic mass is 9.44. The molecule has 0 N–H and O–H groups in total. The van der Waals surface area contributed by atoms with Crippen LogP contribution in [0.25, 0.3) is 0 Å². The van der Waals surface area contributed by atoms with E-state index in [0.717, 1.165) is 25.2 Å². The lowest BCUT2D eigenvalue weighted by molar-refractivity contribution is -0.120. The zero-order chi connectivity index (χ0) is 17.1. The third kappa shape index (κ3) is 2.27. The Labute approximate surface area is 147 Å². The first kappa shape index (κ1) is 17.1. The highest BCUT2D eigenvalue weighted by Gasteiger charge is 2.58. The maximum absolute atomic E-state index is 15.1. The number of hydrogen-bond acceptors (Lipinski definition) is 1. The number of alkyl halides is 1. The average Bonchev–Trinajstić information content (AvgIpc) is 2.58. The number of halogens is 1. The molecule has 0 aromatic carbocycles. The lowest BCUT2D eigenvalue weighted by Crippen LogP contribution is -2.56. The Kier molecular flexibility index (Phi) is 4.14. The second-order valence-corrected chi connectivity index (χ2v) is 9.86. The molecule has 0 aromatic heterocycles. The molecule has 0 amide bonds. The Morgan fingerprint density at radius 2 is 1.88 bits per heavy atom. The van der Waals surface area contributed by atoms with Crippen molar-refractivity contribution in [2.24, 2.45) is 34.5 Å². The van der Waals surface area contributed by atoms with E-state index in [1.165, 1.54) is 32.1 Å². The fourth-order valence-corrected chi connectivity index (χ4v) is 7.30. The van der Waals surface area contributed by atoms with E-state index >= 15 is 4.39 Å². The summed E-state index contributed by atoms with van der Waals surface area (Å²) in [6.07, 6.45) is 11.8. The maximum Gasteiger partial charge on any atom is 0.108 e. The van der Waals surface area contributed by atoms with Crippen molar-refractivity contribution in [1.29, 1.82) is 0 Å². The molecular weight excluding hydrogens is 299 g/mol. The first-order chi connectivity index (χ1) is 11.4. The average molecular weight is 335 g/mol. The number of allylic oxidation sites excluding steroid dienone is 1. The molecule has 136 valence electrons. The molecule has 0 bridgehead atoms. The van der Waals surface area contributed by atoms with Crippen LogP contribution in [0.5, 0.6) is 0 Å². The van der Waals surface area contributed by atoms with E-state index in [-0.39, 0.29) is 11.3 Å². The monoisotopic (exact) mass is 334 g/mol. The standard InChI is InChI=1S/C22H35FO/c1-14-5-8-18-17-7-6-15-13-16(24-4)9-11-21(15,2)19(17)10-12-22(18,3)20(14)23/h6,14,16-20H,5,7-13H2,1-4H3. The molecule has 4 aliphatic rings. The molecule has 0 spiro atoms. The van der Waals surface area contributed by atoms with Crippen LogP contribution in [0.2, 0.25) is 0 Å². The van der Waals surface area contributed by atoms with Crippen molar-refractivity contribution in [1.82, 2.24) is 0 Å². The summed E-state index contributed by atoms with van der Waals surface area (Å²) in [4.78, 5) is 0. The molecular formula is C22H35FO. The van der Waals surface area contributed by atoms with E-state index in [9.17, 15) is 0 Å². The van der Waals surface area contributed by atoms with E-state index in [4.69, 9.17) is 4.74 Å². The Bertz CT molecular complexity index is 528. The van der Waals surface area contributed by atoms with Gasteiger partial charge in [-0.05, 0) is 80.5 Å². The highest BCUT2D eigenvalue weighted by molar-refractivity contribution is 5.25. The largest absolute Gasteiger partial charge is 0.381 e. The third-order valence-corrected chi connectivity index (χ3v) is 8.89. The first-order valence-electron chi connectivity index (χ1n) is 10.3. The summed E-state index contributed by atoms with van der Waals surface area (Å²) in [5.41, 5.74) is 1.95. The summed E-state index contributed by atoms with van der Waals surface area (Å²) in [5, 5.41) is 0. The molecule has 24 heavy (non-hydrogen) atoms. The molecule has 1 nitrogen and oxygen atoms in total. The molecule has 4 aliphatic carbocycles. The molecule has 8 atom stereocenters. The summed E-state index contributed by atoms with van der Waals surface area (Å²) in [6, 6.07) is 0. The number of methoxy groups -OCH3 is 1. The van der Waals surface area contributed by atoms with Gasteiger partial charge in [-0.1, -0.05) is 32.4 Å². The van der Waals surface area contributed by atoms with Crippen LogP contribution in [0.15, 0.2) is 11.6 Å². The summed E-state index contributed by atoms with van der Waals surface area (Å²) in [6.45, 7) is 6.92. The SMILES string of the molecule is COC1CCC2(C)C(=CCC3C2CCC2(C)C(F)C(C)CCC32)C1. The summed E-state index contributed by atoms with van der Waals surface area (Å²) in [5.74, 6) is 2.33. The number of hydrogen-bond donors (Lipinski definition) is 0. The van der Waals surface area contributed by atoms with Crippen LogP contribution in [0.1, 0.15) is 72.1 Å². The van der Waals surface area contributed by atoms with Crippen molar-refractivity contribution in [2.45, 2.75) is 84.4 Å². The second-order valence-electron chi connectivity index (χ2n) is 9.86. The van der Waals surface area contributed by atoms with Gasteiger partial charge in [-0.3, -0.25) is 0 Å². The molecule has 0 radical (unpaired) electrons. The normalized spacial score (nSPS) is 54.3. The summed E-state index contributed by atoms with van der Waals surface area (Å²) >= 11 is 0. The van der Waals surface area contributed by atoms with Gasteiger partial charge in [0.15, 0.2) is 0 Å². The molecule has 3 fully saturated rings. The van der Waals surface area contributed by atoms with Crippen molar-refractivity contribution < 1.29 is 9.13 Å². The Morgan fingerprint density at radius 3 is 2.62 bits per heavy atom. The number of fused-ring (bicyclic) bond motifs is 5. The predicted octanol–water partition coefficient (Wildman–Crippen LogP) is 5.94. The van der Waals surface area contributed by atoms with E-state index in [0.29, 0.717) is 23.4 Å². The summed E-state index contributed by atoms with van der Waals surface area (Å²) in [7, 11) is 1.86. The van der Waals surface area contributed by atoms with Crippen LogP contribution in [-0.2, 0) is 4.74 Å². The molecule has 0 heterocycles. The van der Waals surface area contributed by atoms with Crippen molar-refractivity contribution in [3.63, 3.8) is 0 Å². The Balaban J connectivity index is 1.64. The Hall–Kier alpha value is -0.370. The number of rotatable bonds is 1.